The lowest BCUT2D eigenvalue weighted by molar-refractivity contribution is 0.669. The highest BCUT2D eigenvalue weighted by molar-refractivity contribution is 6.19. The molecule has 0 atom stereocenters. The lowest BCUT2D eigenvalue weighted by atomic mass is 9.99. The Bertz CT molecular complexity index is 2880. The second-order valence-electron chi connectivity index (χ2n) is 13.3. The van der Waals surface area contributed by atoms with Gasteiger partial charge in [0.25, 0.3) is 0 Å². The first-order chi connectivity index (χ1) is 25.8. The number of nitrogens with zero attached hydrogens (tertiary/aromatic N) is 1. The molecule has 0 spiro atoms. The van der Waals surface area contributed by atoms with Crippen molar-refractivity contribution in [2.45, 2.75) is 0 Å². The second-order valence-corrected chi connectivity index (χ2v) is 13.3. The van der Waals surface area contributed by atoms with E-state index >= 15 is 0 Å². The van der Waals surface area contributed by atoms with Gasteiger partial charge in [-0.15, -0.1) is 0 Å². The van der Waals surface area contributed by atoms with Gasteiger partial charge in [-0.05, 0) is 98.1 Å². The van der Waals surface area contributed by atoms with Gasteiger partial charge in [0.05, 0.1) is 5.69 Å². The summed E-state index contributed by atoms with van der Waals surface area (Å²) in [4.78, 5) is 2.38. The summed E-state index contributed by atoms with van der Waals surface area (Å²) in [6.45, 7) is 0. The molecule has 10 rings (SSSR count). The van der Waals surface area contributed by atoms with Gasteiger partial charge < -0.3 is 9.32 Å². The molecule has 0 fully saturated rings. The van der Waals surface area contributed by atoms with E-state index in [9.17, 15) is 0 Å². The Hall–Kier alpha value is -6.90. The van der Waals surface area contributed by atoms with Gasteiger partial charge in [-0.3, -0.25) is 0 Å². The van der Waals surface area contributed by atoms with E-state index in [1.54, 1.807) is 0 Å². The number of furan rings is 1. The summed E-state index contributed by atoms with van der Waals surface area (Å²) in [6, 6.07) is 71.7. The van der Waals surface area contributed by atoms with Gasteiger partial charge in [0.1, 0.15) is 11.2 Å². The van der Waals surface area contributed by atoms with E-state index in [0.717, 1.165) is 44.7 Å². The summed E-state index contributed by atoms with van der Waals surface area (Å²) >= 11 is 0. The van der Waals surface area contributed by atoms with Crippen molar-refractivity contribution in [3.63, 3.8) is 0 Å². The summed E-state index contributed by atoms with van der Waals surface area (Å²) < 4.78 is 6.33. The molecule has 0 saturated heterocycles. The van der Waals surface area contributed by atoms with Crippen molar-refractivity contribution in [1.82, 2.24) is 0 Å². The highest BCUT2D eigenvalue weighted by Crippen LogP contribution is 2.42. The Balaban J connectivity index is 1.07. The molecule has 1 aromatic heterocycles. The summed E-state index contributed by atoms with van der Waals surface area (Å²) in [5, 5.41) is 7.13. The SMILES string of the molecule is c1ccc(-c2ccc(-c3ccc(N(c4cccc(-c5ccc6oc7ccc8ccccc8c7c6c5)c4)c4cccc5ccccc45)cc3)cc2)cc1. The summed E-state index contributed by atoms with van der Waals surface area (Å²) in [7, 11) is 0. The fourth-order valence-corrected chi connectivity index (χ4v) is 7.67. The zero-order valence-electron chi connectivity index (χ0n) is 28.4. The molecule has 0 saturated carbocycles. The van der Waals surface area contributed by atoms with Crippen molar-refractivity contribution in [3.05, 3.63) is 200 Å². The van der Waals surface area contributed by atoms with Crippen LogP contribution in [0.3, 0.4) is 0 Å². The molecule has 9 aromatic carbocycles. The number of anilines is 3. The van der Waals surface area contributed by atoms with Crippen LogP contribution in [-0.4, -0.2) is 0 Å². The standard InChI is InChI=1S/C50H33NO/c1-2-10-34(11-3-1)35-20-22-36(23-21-35)37-24-28-42(29-25-37)51(47-19-9-14-38-12-4-6-17-44(38)47)43-16-8-15-40(32-43)41-27-30-48-46(33-41)50-45-18-7-5-13-39(45)26-31-49(50)52-48/h1-33H. The first-order valence-electron chi connectivity index (χ1n) is 17.8. The van der Waals surface area contributed by atoms with E-state index in [1.165, 1.54) is 49.2 Å². The fourth-order valence-electron chi connectivity index (χ4n) is 7.67. The number of fused-ring (bicyclic) bond motifs is 6. The maximum absolute atomic E-state index is 6.33. The first-order valence-corrected chi connectivity index (χ1v) is 17.8. The van der Waals surface area contributed by atoms with Crippen LogP contribution < -0.4 is 4.90 Å². The zero-order chi connectivity index (χ0) is 34.4. The monoisotopic (exact) mass is 663 g/mol. The molecule has 10 aromatic rings. The van der Waals surface area contributed by atoms with Gasteiger partial charge >= 0.3 is 0 Å². The number of benzene rings is 9. The van der Waals surface area contributed by atoms with Crippen LogP contribution in [0.1, 0.15) is 0 Å². The average Bonchev–Trinajstić information content (AvgIpc) is 3.61. The quantitative estimate of drug-likeness (QED) is 0.176. The smallest absolute Gasteiger partial charge is 0.136 e. The third-order valence-electron chi connectivity index (χ3n) is 10.3. The molecule has 2 heteroatoms. The topological polar surface area (TPSA) is 16.4 Å². The van der Waals surface area contributed by atoms with Gasteiger partial charge in [-0.25, -0.2) is 0 Å². The lowest BCUT2D eigenvalue weighted by Crippen LogP contribution is -2.10. The number of rotatable bonds is 6. The molecule has 1 heterocycles. The maximum atomic E-state index is 6.33. The van der Waals surface area contributed by atoms with Crippen LogP contribution >= 0.6 is 0 Å². The minimum absolute atomic E-state index is 0.901. The van der Waals surface area contributed by atoms with Gasteiger partial charge in [-0.1, -0.05) is 152 Å². The molecular formula is C50H33NO. The van der Waals surface area contributed by atoms with Crippen molar-refractivity contribution < 1.29 is 4.42 Å². The van der Waals surface area contributed by atoms with Crippen LogP contribution in [0.5, 0.6) is 0 Å². The predicted molar refractivity (Wildman–Crippen MR) is 220 cm³/mol. The molecule has 2 nitrogen and oxygen atoms in total. The number of hydrogen-bond donors (Lipinski definition) is 0. The maximum Gasteiger partial charge on any atom is 0.136 e. The van der Waals surface area contributed by atoms with Crippen LogP contribution in [0.2, 0.25) is 0 Å². The Kier molecular flexibility index (Phi) is 7.18. The Labute approximate surface area is 302 Å². The van der Waals surface area contributed by atoms with Crippen LogP contribution in [0.15, 0.2) is 205 Å². The van der Waals surface area contributed by atoms with Crippen LogP contribution in [-0.2, 0) is 0 Å². The molecule has 0 amide bonds. The molecule has 0 bridgehead atoms. The van der Waals surface area contributed by atoms with E-state index in [1.807, 2.05) is 0 Å². The van der Waals surface area contributed by atoms with Gasteiger partial charge in [-0.2, -0.15) is 0 Å². The predicted octanol–water partition coefficient (Wildman–Crippen LogP) is 14.4. The molecule has 0 aliphatic carbocycles. The van der Waals surface area contributed by atoms with Crippen molar-refractivity contribution in [1.29, 1.82) is 0 Å². The van der Waals surface area contributed by atoms with Gasteiger partial charge in [0.2, 0.25) is 0 Å². The van der Waals surface area contributed by atoms with E-state index in [0.29, 0.717) is 0 Å². The van der Waals surface area contributed by atoms with E-state index < -0.39 is 0 Å². The van der Waals surface area contributed by atoms with Crippen LogP contribution in [0.25, 0.3) is 76.9 Å². The average molecular weight is 664 g/mol. The van der Waals surface area contributed by atoms with Crippen molar-refractivity contribution in [3.8, 4) is 33.4 Å². The van der Waals surface area contributed by atoms with Gasteiger partial charge in [0.15, 0.2) is 0 Å². The Morgan fingerprint density at radius 1 is 0.308 bits per heavy atom. The molecule has 0 radical (unpaired) electrons. The summed E-state index contributed by atoms with van der Waals surface area (Å²) in [5.41, 5.74) is 12.3. The molecule has 0 aliphatic rings. The van der Waals surface area contributed by atoms with E-state index in [2.05, 4.69) is 205 Å². The third kappa shape index (κ3) is 5.21. The summed E-state index contributed by atoms with van der Waals surface area (Å²) in [6.07, 6.45) is 0. The van der Waals surface area contributed by atoms with E-state index in [-0.39, 0.29) is 0 Å². The Morgan fingerprint density at radius 3 is 1.62 bits per heavy atom. The zero-order valence-corrected chi connectivity index (χ0v) is 28.4. The van der Waals surface area contributed by atoms with Crippen LogP contribution in [0, 0.1) is 0 Å². The molecule has 0 aliphatic heterocycles. The van der Waals surface area contributed by atoms with Gasteiger partial charge in [0, 0.05) is 27.5 Å². The highest BCUT2D eigenvalue weighted by Gasteiger charge is 2.17. The first kappa shape index (κ1) is 30.0. The Morgan fingerprint density at radius 2 is 0.846 bits per heavy atom. The van der Waals surface area contributed by atoms with Crippen molar-refractivity contribution in [2.75, 3.05) is 4.90 Å². The molecular weight excluding hydrogens is 631 g/mol. The van der Waals surface area contributed by atoms with E-state index in [4.69, 9.17) is 4.42 Å². The lowest BCUT2D eigenvalue weighted by Gasteiger charge is -2.27. The molecule has 244 valence electrons. The second kappa shape index (κ2) is 12.5. The van der Waals surface area contributed by atoms with Crippen molar-refractivity contribution in [2.24, 2.45) is 0 Å². The minimum atomic E-state index is 0.901. The molecule has 52 heavy (non-hydrogen) atoms. The normalized spacial score (nSPS) is 11.5. The van der Waals surface area contributed by atoms with Crippen molar-refractivity contribution >= 4 is 60.5 Å². The third-order valence-corrected chi connectivity index (χ3v) is 10.3. The highest BCUT2D eigenvalue weighted by atomic mass is 16.3. The fraction of sp³-hybridized carbons (Fsp3) is 0. The largest absolute Gasteiger partial charge is 0.456 e. The molecule has 0 unspecified atom stereocenters. The minimum Gasteiger partial charge on any atom is -0.456 e. The number of hydrogen-bond acceptors (Lipinski definition) is 2. The summed E-state index contributed by atoms with van der Waals surface area (Å²) in [5.74, 6) is 0. The molecule has 0 N–H and O–H groups in total. The van der Waals surface area contributed by atoms with Crippen LogP contribution in [0.4, 0.5) is 17.1 Å².